The SMILES string of the molecule is C[C@]12CC[C@@H]3C[C@@]1(C(=O)NCCc1ccccc1)OC[C@@]32C. The predicted octanol–water partition coefficient (Wildman–Crippen LogP) is 2.94. The lowest BCUT2D eigenvalue weighted by molar-refractivity contribution is -0.155. The monoisotopic (exact) mass is 299 g/mol. The van der Waals surface area contributed by atoms with Gasteiger partial charge in [0.05, 0.1) is 6.61 Å². The summed E-state index contributed by atoms with van der Waals surface area (Å²) >= 11 is 0. The van der Waals surface area contributed by atoms with Crippen LogP contribution in [0, 0.1) is 16.7 Å². The number of rotatable bonds is 4. The van der Waals surface area contributed by atoms with Crippen LogP contribution in [0.5, 0.6) is 0 Å². The van der Waals surface area contributed by atoms with E-state index >= 15 is 0 Å². The molecule has 1 saturated heterocycles. The van der Waals surface area contributed by atoms with Gasteiger partial charge in [-0.15, -0.1) is 0 Å². The van der Waals surface area contributed by atoms with Gasteiger partial charge in [0.15, 0.2) is 5.60 Å². The molecule has 0 unspecified atom stereocenters. The van der Waals surface area contributed by atoms with Gasteiger partial charge < -0.3 is 10.1 Å². The summed E-state index contributed by atoms with van der Waals surface area (Å²) in [7, 11) is 0. The van der Waals surface area contributed by atoms with Gasteiger partial charge in [-0.2, -0.15) is 0 Å². The number of ether oxygens (including phenoxy) is 1. The zero-order chi connectivity index (χ0) is 15.4. The molecule has 1 aromatic rings. The van der Waals surface area contributed by atoms with Gasteiger partial charge in [0.2, 0.25) is 0 Å². The molecule has 1 aromatic carbocycles. The quantitative estimate of drug-likeness (QED) is 0.928. The highest BCUT2D eigenvalue weighted by Gasteiger charge is 2.78. The van der Waals surface area contributed by atoms with Gasteiger partial charge in [-0.25, -0.2) is 0 Å². The fourth-order valence-electron chi connectivity index (χ4n) is 5.37. The zero-order valence-electron chi connectivity index (χ0n) is 13.5. The van der Waals surface area contributed by atoms with E-state index in [9.17, 15) is 4.79 Å². The Labute approximate surface area is 132 Å². The van der Waals surface area contributed by atoms with Gasteiger partial charge in [0.1, 0.15) is 0 Å². The third-order valence-electron chi connectivity index (χ3n) is 7.11. The van der Waals surface area contributed by atoms with Crippen molar-refractivity contribution in [2.75, 3.05) is 13.2 Å². The van der Waals surface area contributed by atoms with Crippen molar-refractivity contribution in [3.05, 3.63) is 35.9 Å². The van der Waals surface area contributed by atoms with E-state index in [1.54, 1.807) is 0 Å². The molecule has 0 aromatic heterocycles. The highest BCUT2D eigenvalue weighted by Crippen LogP contribution is 2.74. The first kappa shape index (κ1) is 14.3. The summed E-state index contributed by atoms with van der Waals surface area (Å²) in [5.74, 6) is 0.781. The van der Waals surface area contributed by atoms with E-state index < -0.39 is 5.60 Å². The number of nitrogens with one attached hydrogen (secondary N) is 1. The Morgan fingerprint density at radius 1 is 1.32 bits per heavy atom. The fourth-order valence-corrected chi connectivity index (χ4v) is 5.37. The molecule has 3 nitrogen and oxygen atoms in total. The Morgan fingerprint density at radius 2 is 2.09 bits per heavy atom. The molecule has 2 aliphatic carbocycles. The number of hydrogen-bond donors (Lipinski definition) is 1. The van der Waals surface area contributed by atoms with Crippen LogP contribution in [-0.2, 0) is 16.0 Å². The molecule has 4 atom stereocenters. The van der Waals surface area contributed by atoms with Gasteiger partial charge in [-0.1, -0.05) is 44.2 Å². The van der Waals surface area contributed by atoms with Crippen LogP contribution in [0.1, 0.15) is 38.7 Å². The van der Waals surface area contributed by atoms with Crippen LogP contribution in [0.15, 0.2) is 30.3 Å². The first-order valence-corrected chi connectivity index (χ1v) is 8.48. The Morgan fingerprint density at radius 3 is 2.77 bits per heavy atom. The first-order chi connectivity index (χ1) is 10.5. The van der Waals surface area contributed by atoms with Crippen molar-refractivity contribution in [2.45, 2.75) is 45.1 Å². The summed E-state index contributed by atoms with van der Waals surface area (Å²) in [5.41, 5.74) is 0.906. The highest BCUT2D eigenvalue weighted by atomic mass is 16.5. The molecule has 4 bridgehead atoms. The van der Waals surface area contributed by atoms with Gasteiger partial charge in [0, 0.05) is 17.4 Å². The first-order valence-electron chi connectivity index (χ1n) is 8.48. The van der Waals surface area contributed by atoms with Crippen LogP contribution in [0.25, 0.3) is 0 Å². The average Bonchev–Trinajstić information content (AvgIpc) is 3.00. The van der Waals surface area contributed by atoms with Crippen molar-refractivity contribution >= 4 is 5.91 Å². The minimum absolute atomic E-state index is 0.0154. The summed E-state index contributed by atoms with van der Waals surface area (Å²) in [4.78, 5) is 12.9. The lowest BCUT2D eigenvalue weighted by Crippen LogP contribution is -2.55. The molecule has 2 saturated carbocycles. The molecular formula is C19H25NO2. The van der Waals surface area contributed by atoms with E-state index in [1.807, 2.05) is 18.2 Å². The number of benzene rings is 1. The highest BCUT2D eigenvalue weighted by molar-refractivity contribution is 5.88. The molecule has 3 aliphatic rings. The molecule has 4 rings (SSSR count). The van der Waals surface area contributed by atoms with Crippen molar-refractivity contribution in [1.82, 2.24) is 5.32 Å². The molecule has 118 valence electrons. The number of amides is 1. The van der Waals surface area contributed by atoms with E-state index in [-0.39, 0.29) is 16.7 Å². The van der Waals surface area contributed by atoms with Gasteiger partial charge in [-0.05, 0) is 37.2 Å². The second kappa shape index (κ2) is 4.58. The van der Waals surface area contributed by atoms with E-state index in [2.05, 4.69) is 31.3 Å². The summed E-state index contributed by atoms with van der Waals surface area (Å²) in [5, 5.41) is 3.15. The fraction of sp³-hybridized carbons (Fsp3) is 0.632. The summed E-state index contributed by atoms with van der Waals surface area (Å²) in [6, 6.07) is 10.3. The molecule has 0 spiro atoms. The van der Waals surface area contributed by atoms with Crippen molar-refractivity contribution in [3.8, 4) is 0 Å². The molecule has 1 N–H and O–H groups in total. The summed E-state index contributed by atoms with van der Waals surface area (Å²) < 4.78 is 6.13. The molecule has 1 aliphatic heterocycles. The van der Waals surface area contributed by atoms with Crippen LogP contribution in [0.3, 0.4) is 0 Å². The largest absolute Gasteiger partial charge is 0.364 e. The molecule has 1 amide bonds. The topological polar surface area (TPSA) is 38.3 Å². The maximum atomic E-state index is 12.9. The third kappa shape index (κ3) is 1.58. The Balaban J connectivity index is 1.45. The van der Waals surface area contributed by atoms with Crippen molar-refractivity contribution in [3.63, 3.8) is 0 Å². The smallest absolute Gasteiger partial charge is 0.252 e. The van der Waals surface area contributed by atoms with Gasteiger partial charge in [-0.3, -0.25) is 4.79 Å². The van der Waals surface area contributed by atoms with Crippen LogP contribution in [0.2, 0.25) is 0 Å². The second-order valence-corrected chi connectivity index (χ2v) is 7.80. The molecule has 3 fully saturated rings. The van der Waals surface area contributed by atoms with Crippen LogP contribution < -0.4 is 5.32 Å². The maximum absolute atomic E-state index is 12.9. The molecule has 1 heterocycles. The van der Waals surface area contributed by atoms with Crippen LogP contribution in [0.4, 0.5) is 0 Å². The average molecular weight is 299 g/mol. The minimum Gasteiger partial charge on any atom is -0.364 e. The van der Waals surface area contributed by atoms with Crippen LogP contribution >= 0.6 is 0 Å². The predicted molar refractivity (Wildman–Crippen MR) is 85.4 cm³/mol. The normalized spacial score (nSPS) is 41.8. The zero-order valence-corrected chi connectivity index (χ0v) is 13.5. The van der Waals surface area contributed by atoms with E-state index in [1.165, 1.54) is 12.0 Å². The minimum atomic E-state index is -0.568. The van der Waals surface area contributed by atoms with Gasteiger partial charge in [0.25, 0.3) is 5.91 Å². The summed E-state index contributed by atoms with van der Waals surface area (Å²) in [6.45, 7) is 6.05. The maximum Gasteiger partial charge on any atom is 0.252 e. The van der Waals surface area contributed by atoms with E-state index in [4.69, 9.17) is 4.74 Å². The third-order valence-corrected chi connectivity index (χ3v) is 7.11. The summed E-state index contributed by atoms with van der Waals surface area (Å²) in [6.07, 6.45) is 4.17. The van der Waals surface area contributed by atoms with Crippen LogP contribution in [-0.4, -0.2) is 24.7 Å². The standard InChI is InChI=1S/C19H25NO2/c1-17-13-22-19(12-15(17)8-10-18(17,19)2)16(21)20-11-9-14-6-4-3-5-7-14/h3-7,15H,8-13H2,1-2H3,(H,20,21)/t15-,17+,18-,19+/m1/s1. The lowest BCUT2D eigenvalue weighted by Gasteiger charge is -2.40. The van der Waals surface area contributed by atoms with Crippen molar-refractivity contribution in [2.24, 2.45) is 16.7 Å². The molecule has 22 heavy (non-hydrogen) atoms. The number of hydrogen-bond acceptors (Lipinski definition) is 2. The molecule has 0 radical (unpaired) electrons. The molecular weight excluding hydrogens is 274 g/mol. The Kier molecular flexibility index (Phi) is 2.96. The molecule has 3 heteroatoms. The van der Waals surface area contributed by atoms with E-state index in [0.29, 0.717) is 12.5 Å². The van der Waals surface area contributed by atoms with Crippen molar-refractivity contribution < 1.29 is 9.53 Å². The Bertz CT molecular complexity index is 601. The van der Waals surface area contributed by atoms with Crippen molar-refractivity contribution in [1.29, 1.82) is 0 Å². The second-order valence-electron chi connectivity index (χ2n) is 7.80. The van der Waals surface area contributed by atoms with E-state index in [0.717, 1.165) is 25.9 Å². The lowest BCUT2D eigenvalue weighted by atomic mass is 9.66. The Hall–Kier alpha value is -1.35. The number of carbonyl (C=O) groups is 1. The number of carbonyl (C=O) groups excluding carboxylic acids is 1. The van der Waals surface area contributed by atoms with Gasteiger partial charge >= 0.3 is 0 Å².